The predicted molar refractivity (Wildman–Crippen MR) is 61.6 cm³/mol. The van der Waals surface area contributed by atoms with Crippen molar-refractivity contribution in [1.82, 2.24) is 5.32 Å². The minimum atomic E-state index is -0.0980. The molecule has 2 atom stereocenters. The van der Waals surface area contributed by atoms with E-state index in [2.05, 4.69) is 12.2 Å². The van der Waals surface area contributed by atoms with E-state index >= 15 is 0 Å². The first-order valence-electron chi connectivity index (χ1n) is 6.39. The number of amides is 2. The van der Waals surface area contributed by atoms with Crippen LogP contribution in [0.4, 0.5) is 0 Å². The fraction of sp³-hybridized carbons (Fsp3) is 0.846. The van der Waals surface area contributed by atoms with Crippen molar-refractivity contribution < 1.29 is 9.59 Å². The zero-order valence-corrected chi connectivity index (χ0v) is 10.2. The van der Waals surface area contributed by atoms with E-state index in [0.717, 1.165) is 18.8 Å². The van der Waals surface area contributed by atoms with Crippen molar-refractivity contribution in [2.75, 3.05) is 0 Å². The summed E-state index contributed by atoms with van der Waals surface area (Å²) in [5, 5.41) is 2.47. The van der Waals surface area contributed by atoms with Crippen LogP contribution in [0, 0.1) is 17.3 Å². The molecule has 2 amide bonds. The third kappa shape index (κ3) is 2.00. The lowest BCUT2D eigenvalue weighted by molar-refractivity contribution is -0.144. The van der Waals surface area contributed by atoms with Crippen LogP contribution >= 0.6 is 0 Å². The van der Waals surface area contributed by atoms with Crippen LogP contribution in [0.25, 0.3) is 0 Å². The molecule has 1 saturated heterocycles. The van der Waals surface area contributed by atoms with Gasteiger partial charge in [-0.25, -0.2) is 0 Å². The molecular weight excluding hydrogens is 202 g/mol. The predicted octanol–water partition coefficient (Wildman–Crippen LogP) is 2.26. The molecule has 2 rings (SSSR count). The van der Waals surface area contributed by atoms with Gasteiger partial charge in [0.15, 0.2) is 0 Å². The Hall–Kier alpha value is -0.860. The molecular formula is C13H21NO2. The van der Waals surface area contributed by atoms with E-state index in [1.165, 1.54) is 19.3 Å². The van der Waals surface area contributed by atoms with E-state index in [1.54, 1.807) is 0 Å². The van der Waals surface area contributed by atoms with Crippen LogP contribution in [-0.4, -0.2) is 11.8 Å². The lowest BCUT2D eigenvalue weighted by Gasteiger charge is -2.43. The van der Waals surface area contributed by atoms with Gasteiger partial charge in [-0.3, -0.25) is 14.9 Å². The molecule has 1 heterocycles. The molecule has 3 nitrogen and oxygen atoms in total. The maximum Gasteiger partial charge on any atom is 0.230 e. The first-order chi connectivity index (χ1) is 7.55. The maximum atomic E-state index is 11.8. The zero-order chi connectivity index (χ0) is 11.8. The Morgan fingerprint density at radius 3 is 2.56 bits per heavy atom. The smallest absolute Gasteiger partial charge is 0.230 e. The van der Waals surface area contributed by atoms with Crippen molar-refractivity contribution >= 4 is 11.8 Å². The number of carbonyl (C=O) groups excluding carboxylic acids is 2. The number of hydrogen-bond acceptors (Lipinski definition) is 2. The van der Waals surface area contributed by atoms with E-state index in [0.29, 0.717) is 6.42 Å². The molecule has 90 valence electrons. The quantitative estimate of drug-likeness (QED) is 0.746. The number of carbonyl (C=O) groups is 2. The minimum absolute atomic E-state index is 0.0193. The van der Waals surface area contributed by atoms with Crippen LogP contribution in [0.1, 0.15) is 52.4 Å². The molecule has 1 aliphatic heterocycles. The van der Waals surface area contributed by atoms with Crippen molar-refractivity contribution in [1.29, 1.82) is 0 Å². The van der Waals surface area contributed by atoms with Gasteiger partial charge in [-0.05, 0) is 24.2 Å². The van der Waals surface area contributed by atoms with Gasteiger partial charge in [0.2, 0.25) is 11.8 Å². The molecule has 0 aromatic carbocycles. The summed E-state index contributed by atoms with van der Waals surface area (Å²) in [6.07, 6.45) is 6.28. The lowest BCUT2D eigenvalue weighted by Crippen LogP contribution is -2.51. The largest absolute Gasteiger partial charge is 0.296 e. The van der Waals surface area contributed by atoms with Crippen molar-refractivity contribution in [2.45, 2.75) is 52.4 Å². The molecule has 2 unspecified atom stereocenters. The average Bonchev–Trinajstić information content (AvgIpc) is 2.11. The fourth-order valence-electron chi connectivity index (χ4n) is 3.32. The summed E-state index contributed by atoms with van der Waals surface area (Å²) >= 11 is 0. The van der Waals surface area contributed by atoms with Crippen LogP contribution in [0.15, 0.2) is 0 Å². The summed E-state index contributed by atoms with van der Waals surface area (Å²) in [6, 6.07) is 0. The van der Waals surface area contributed by atoms with Gasteiger partial charge in [0.1, 0.15) is 0 Å². The summed E-state index contributed by atoms with van der Waals surface area (Å²) in [6.45, 7) is 4.16. The summed E-state index contributed by atoms with van der Waals surface area (Å²) in [5.41, 5.74) is -0.0980. The number of piperidine rings is 1. The normalized spacial score (nSPS) is 35.8. The van der Waals surface area contributed by atoms with Crippen LogP contribution in [0.2, 0.25) is 0 Å². The van der Waals surface area contributed by atoms with Gasteiger partial charge in [-0.1, -0.05) is 33.1 Å². The van der Waals surface area contributed by atoms with E-state index in [-0.39, 0.29) is 23.1 Å². The fourth-order valence-corrected chi connectivity index (χ4v) is 3.32. The van der Waals surface area contributed by atoms with Gasteiger partial charge < -0.3 is 0 Å². The lowest BCUT2D eigenvalue weighted by atomic mass is 9.63. The van der Waals surface area contributed by atoms with E-state index < -0.39 is 0 Å². The molecule has 2 fully saturated rings. The minimum Gasteiger partial charge on any atom is -0.296 e. The second-order valence-corrected chi connectivity index (χ2v) is 5.71. The number of rotatable bonds is 3. The molecule has 1 saturated carbocycles. The number of hydrogen-bond donors (Lipinski definition) is 1. The van der Waals surface area contributed by atoms with Crippen molar-refractivity contribution in [3.8, 4) is 0 Å². The highest BCUT2D eigenvalue weighted by Gasteiger charge is 2.45. The van der Waals surface area contributed by atoms with E-state index in [4.69, 9.17) is 0 Å². The first kappa shape index (κ1) is 11.6. The summed E-state index contributed by atoms with van der Waals surface area (Å²) in [7, 11) is 0. The number of nitrogens with one attached hydrogen (secondary N) is 1. The Bertz CT molecular complexity index is 309. The molecule has 2 aliphatic rings. The van der Waals surface area contributed by atoms with Crippen molar-refractivity contribution in [2.24, 2.45) is 17.3 Å². The Morgan fingerprint density at radius 2 is 2.06 bits per heavy atom. The highest BCUT2D eigenvalue weighted by molar-refractivity contribution is 5.99. The zero-order valence-electron chi connectivity index (χ0n) is 10.2. The molecule has 1 N–H and O–H groups in total. The molecule has 1 aliphatic carbocycles. The Labute approximate surface area is 97.0 Å². The molecule has 0 radical (unpaired) electrons. The van der Waals surface area contributed by atoms with Gasteiger partial charge >= 0.3 is 0 Å². The third-order valence-electron chi connectivity index (χ3n) is 4.37. The highest BCUT2D eigenvalue weighted by Crippen LogP contribution is 2.46. The first-order valence-corrected chi connectivity index (χ1v) is 6.39. The van der Waals surface area contributed by atoms with Gasteiger partial charge in [0.05, 0.1) is 0 Å². The van der Waals surface area contributed by atoms with E-state index in [9.17, 15) is 9.59 Å². The topological polar surface area (TPSA) is 46.2 Å². The average molecular weight is 223 g/mol. The monoisotopic (exact) mass is 223 g/mol. The number of imide groups is 1. The summed E-state index contributed by atoms with van der Waals surface area (Å²) in [4.78, 5) is 23.3. The van der Waals surface area contributed by atoms with Gasteiger partial charge in [0, 0.05) is 12.3 Å². The highest BCUT2D eigenvalue weighted by atomic mass is 16.2. The molecule has 0 aromatic heterocycles. The third-order valence-corrected chi connectivity index (χ3v) is 4.37. The maximum absolute atomic E-state index is 11.8. The summed E-state index contributed by atoms with van der Waals surface area (Å²) in [5.74, 6) is 0.626. The second-order valence-electron chi connectivity index (χ2n) is 5.71. The van der Waals surface area contributed by atoms with Gasteiger partial charge in [-0.2, -0.15) is 0 Å². The summed E-state index contributed by atoms with van der Waals surface area (Å²) < 4.78 is 0. The van der Waals surface area contributed by atoms with Gasteiger partial charge in [-0.15, -0.1) is 0 Å². The Balaban J connectivity index is 2.12. The Morgan fingerprint density at radius 1 is 1.38 bits per heavy atom. The van der Waals surface area contributed by atoms with Crippen molar-refractivity contribution in [3.63, 3.8) is 0 Å². The van der Waals surface area contributed by atoms with E-state index in [1.807, 2.05) is 6.92 Å². The standard InChI is InChI=1S/C13H21NO2/c1-3-10-12(16)14-11(15)8-13(10,2)7-9-5-4-6-9/h9-10H,3-8H2,1-2H3,(H,14,15,16). The molecule has 0 aromatic rings. The SMILES string of the molecule is CCC1C(=O)NC(=O)CC1(C)CC1CCC1. The van der Waals surface area contributed by atoms with Gasteiger partial charge in [0.25, 0.3) is 0 Å². The van der Waals surface area contributed by atoms with Crippen LogP contribution in [0.5, 0.6) is 0 Å². The molecule has 0 spiro atoms. The molecule has 0 bridgehead atoms. The van der Waals surface area contributed by atoms with Crippen LogP contribution in [-0.2, 0) is 9.59 Å². The van der Waals surface area contributed by atoms with Crippen molar-refractivity contribution in [3.05, 3.63) is 0 Å². The Kier molecular flexibility index (Phi) is 3.04. The molecule has 16 heavy (non-hydrogen) atoms. The van der Waals surface area contributed by atoms with Crippen LogP contribution < -0.4 is 5.32 Å². The molecule has 3 heteroatoms. The second kappa shape index (κ2) is 4.19. The van der Waals surface area contributed by atoms with Crippen LogP contribution in [0.3, 0.4) is 0 Å².